The van der Waals surface area contributed by atoms with E-state index in [-0.39, 0.29) is 12.5 Å². The van der Waals surface area contributed by atoms with Crippen LogP contribution in [-0.2, 0) is 4.79 Å². The molecule has 0 unspecified atom stereocenters. The number of carboxylic acid groups (broad SMARTS) is 1. The topological polar surface area (TPSA) is 75.1 Å². The van der Waals surface area contributed by atoms with Crippen LogP contribution in [0.5, 0.6) is 0 Å². The summed E-state index contributed by atoms with van der Waals surface area (Å²) in [6.07, 6.45) is 0. The van der Waals surface area contributed by atoms with Gasteiger partial charge in [0.2, 0.25) is 0 Å². The Hall–Kier alpha value is -1.65. The molecule has 0 spiro atoms. The zero-order valence-electron chi connectivity index (χ0n) is 10.7. The quantitative estimate of drug-likeness (QED) is 0.821. The Bertz CT molecular complexity index is 376. The van der Waals surface area contributed by atoms with Crippen molar-refractivity contribution in [2.45, 2.75) is 39.5 Å². The summed E-state index contributed by atoms with van der Waals surface area (Å²) in [7, 11) is 0. The molecule has 1 rings (SSSR count). The Morgan fingerprint density at radius 1 is 1.29 bits per heavy atom. The first-order valence-corrected chi connectivity index (χ1v) is 5.74. The number of carbonyl (C=O) groups is 1. The smallest absolute Gasteiger partial charge is 0.322 e. The summed E-state index contributed by atoms with van der Waals surface area (Å²) in [6, 6.07) is 1.81. The average molecular weight is 237 g/mol. The van der Waals surface area contributed by atoms with Crippen molar-refractivity contribution in [2.75, 3.05) is 11.9 Å². The molecule has 0 bridgehead atoms. The second kappa shape index (κ2) is 5.61. The molecule has 1 aromatic rings. The van der Waals surface area contributed by atoms with E-state index in [1.54, 1.807) is 6.07 Å². The summed E-state index contributed by atoms with van der Waals surface area (Å²) in [5, 5.41) is 11.4. The third-order valence-corrected chi connectivity index (χ3v) is 2.29. The molecule has 0 amide bonds. The van der Waals surface area contributed by atoms with Crippen molar-refractivity contribution < 1.29 is 9.90 Å². The number of aliphatic carboxylic acids is 1. The Kier molecular flexibility index (Phi) is 4.43. The highest BCUT2D eigenvalue weighted by atomic mass is 16.4. The predicted octanol–water partition coefficient (Wildman–Crippen LogP) is 2.22. The molecular weight excluding hydrogens is 218 g/mol. The summed E-state index contributed by atoms with van der Waals surface area (Å²) in [6.45, 7) is 7.99. The minimum absolute atomic E-state index is 0.133. The molecule has 5 heteroatoms. The van der Waals surface area contributed by atoms with Crippen LogP contribution >= 0.6 is 0 Å². The van der Waals surface area contributed by atoms with Gasteiger partial charge in [-0.15, -0.1) is 0 Å². The van der Waals surface area contributed by atoms with Crippen LogP contribution in [0.15, 0.2) is 6.07 Å². The number of carboxylic acids is 1. The molecule has 0 saturated carbocycles. The van der Waals surface area contributed by atoms with Crippen LogP contribution in [0.25, 0.3) is 0 Å². The van der Waals surface area contributed by atoms with Gasteiger partial charge in [-0.3, -0.25) is 4.79 Å². The van der Waals surface area contributed by atoms with Gasteiger partial charge < -0.3 is 10.4 Å². The number of anilines is 1. The Morgan fingerprint density at radius 3 is 2.41 bits per heavy atom. The fourth-order valence-corrected chi connectivity index (χ4v) is 1.30. The van der Waals surface area contributed by atoms with Gasteiger partial charge in [-0.05, 0) is 5.92 Å². The molecule has 1 aromatic heterocycles. The lowest BCUT2D eigenvalue weighted by Crippen LogP contribution is -2.15. The van der Waals surface area contributed by atoms with E-state index in [1.165, 1.54) is 0 Å². The molecule has 0 aromatic carbocycles. The maximum absolute atomic E-state index is 10.5. The Morgan fingerprint density at radius 2 is 1.94 bits per heavy atom. The zero-order chi connectivity index (χ0) is 13.0. The number of nitrogens with zero attached hydrogens (tertiary/aromatic N) is 2. The molecule has 5 nitrogen and oxygen atoms in total. The number of rotatable bonds is 5. The van der Waals surface area contributed by atoms with E-state index in [0.29, 0.717) is 11.7 Å². The van der Waals surface area contributed by atoms with Crippen molar-refractivity contribution >= 4 is 11.8 Å². The number of hydrogen-bond donors (Lipinski definition) is 2. The highest BCUT2D eigenvalue weighted by molar-refractivity contribution is 5.72. The van der Waals surface area contributed by atoms with Crippen LogP contribution in [0.4, 0.5) is 5.82 Å². The lowest BCUT2D eigenvalue weighted by Gasteiger charge is -2.12. The molecule has 0 aliphatic rings. The highest BCUT2D eigenvalue weighted by Crippen LogP contribution is 2.19. The summed E-state index contributed by atoms with van der Waals surface area (Å²) < 4.78 is 0. The third-order valence-electron chi connectivity index (χ3n) is 2.29. The van der Waals surface area contributed by atoms with Crippen molar-refractivity contribution in [3.8, 4) is 0 Å². The molecular formula is C12H19N3O2. The molecule has 1 heterocycles. The standard InChI is InChI=1S/C12H19N3O2/c1-7(2)9-5-10(13-6-11(16)17)15-12(14-9)8(3)4/h5,7-8H,6H2,1-4H3,(H,16,17)(H,13,14,15). The number of hydrogen-bond acceptors (Lipinski definition) is 4. The molecule has 0 fully saturated rings. The number of nitrogens with one attached hydrogen (secondary N) is 1. The SMILES string of the molecule is CC(C)c1cc(NCC(=O)O)nc(C(C)C)n1. The van der Waals surface area contributed by atoms with Gasteiger partial charge in [0.05, 0.1) is 0 Å². The van der Waals surface area contributed by atoms with Crippen LogP contribution in [0.1, 0.15) is 51.0 Å². The van der Waals surface area contributed by atoms with Crippen LogP contribution in [0, 0.1) is 0 Å². The lowest BCUT2D eigenvalue weighted by molar-refractivity contribution is -0.134. The maximum atomic E-state index is 10.5. The first-order chi connectivity index (χ1) is 7.90. The zero-order valence-corrected chi connectivity index (χ0v) is 10.7. The normalized spacial score (nSPS) is 10.9. The van der Waals surface area contributed by atoms with E-state index < -0.39 is 5.97 Å². The Balaban J connectivity index is 2.99. The second-order valence-corrected chi connectivity index (χ2v) is 4.59. The summed E-state index contributed by atoms with van der Waals surface area (Å²) in [5.74, 6) is 0.930. The summed E-state index contributed by atoms with van der Waals surface area (Å²) in [5.41, 5.74) is 0.927. The van der Waals surface area contributed by atoms with Gasteiger partial charge in [-0.25, -0.2) is 9.97 Å². The minimum atomic E-state index is -0.902. The first-order valence-electron chi connectivity index (χ1n) is 5.74. The van der Waals surface area contributed by atoms with E-state index in [1.807, 2.05) is 27.7 Å². The Labute approximate surface area is 101 Å². The summed E-state index contributed by atoms with van der Waals surface area (Å²) in [4.78, 5) is 19.3. The molecule has 17 heavy (non-hydrogen) atoms. The second-order valence-electron chi connectivity index (χ2n) is 4.59. The molecule has 0 aliphatic carbocycles. The van der Waals surface area contributed by atoms with Gasteiger partial charge in [0, 0.05) is 17.7 Å². The monoisotopic (exact) mass is 237 g/mol. The van der Waals surface area contributed by atoms with Crippen LogP contribution in [0.3, 0.4) is 0 Å². The lowest BCUT2D eigenvalue weighted by atomic mass is 10.1. The predicted molar refractivity (Wildman–Crippen MR) is 66.3 cm³/mol. The van der Waals surface area contributed by atoms with E-state index in [0.717, 1.165) is 11.5 Å². The average Bonchev–Trinajstić information content (AvgIpc) is 2.25. The molecule has 94 valence electrons. The van der Waals surface area contributed by atoms with Gasteiger partial charge in [-0.2, -0.15) is 0 Å². The molecule has 0 atom stereocenters. The van der Waals surface area contributed by atoms with Gasteiger partial charge in [0.25, 0.3) is 0 Å². The van der Waals surface area contributed by atoms with Gasteiger partial charge >= 0.3 is 5.97 Å². The van der Waals surface area contributed by atoms with Gasteiger partial charge in [0.1, 0.15) is 18.2 Å². The van der Waals surface area contributed by atoms with Crippen molar-refractivity contribution in [3.63, 3.8) is 0 Å². The van der Waals surface area contributed by atoms with E-state index in [9.17, 15) is 4.79 Å². The van der Waals surface area contributed by atoms with Crippen molar-refractivity contribution in [1.82, 2.24) is 9.97 Å². The first kappa shape index (κ1) is 13.4. The van der Waals surface area contributed by atoms with Gasteiger partial charge in [0.15, 0.2) is 0 Å². The van der Waals surface area contributed by atoms with Crippen molar-refractivity contribution in [2.24, 2.45) is 0 Å². The van der Waals surface area contributed by atoms with Crippen LogP contribution < -0.4 is 5.32 Å². The molecule has 0 saturated heterocycles. The van der Waals surface area contributed by atoms with Crippen molar-refractivity contribution in [3.05, 3.63) is 17.6 Å². The van der Waals surface area contributed by atoms with E-state index in [2.05, 4.69) is 15.3 Å². The maximum Gasteiger partial charge on any atom is 0.322 e. The third kappa shape index (κ3) is 4.01. The van der Waals surface area contributed by atoms with Crippen molar-refractivity contribution in [1.29, 1.82) is 0 Å². The largest absolute Gasteiger partial charge is 0.480 e. The van der Waals surface area contributed by atoms with Gasteiger partial charge in [-0.1, -0.05) is 27.7 Å². The summed E-state index contributed by atoms with van der Waals surface area (Å²) >= 11 is 0. The fraction of sp³-hybridized carbons (Fsp3) is 0.583. The van der Waals surface area contributed by atoms with Crippen LogP contribution in [0.2, 0.25) is 0 Å². The fourth-order valence-electron chi connectivity index (χ4n) is 1.30. The minimum Gasteiger partial charge on any atom is -0.480 e. The molecule has 0 aliphatic heterocycles. The van der Waals surface area contributed by atoms with E-state index >= 15 is 0 Å². The van der Waals surface area contributed by atoms with Crippen LogP contribution in [-0.4, -0.2) is 27.6 Å². The van der Waals surface area contributed by atoms with E-state index in [4.69, 9.17) is 5.11 Å². The molecule has 0 radical (unpaired) electrons. The molecule has 2 N–H and O–H groups in total. The number of aromatic nitrogens is 2. The highest BCUT2D eigenvalue weighted by Gasteiger charge is 2.10.